The summed E-state index contributed by atoms with van der Waals surface area (Å²) in [5.74, 6) is -7.50. The Hall–Kier alpha value is -3.23. The zero-order valence-corrected chi connectivity index (χ0v) is 22.4. The monoisotopic (exact) mass is 590 g/mol. The van der Waals surface area contributed by atoms with E-state index in [1.165, 1.54) is 6.20 Å². The summed E-state index contributed by atoms with van der Waals surface area (Å²) in [6.45, 7) is 2.29. The highest BCUT2D eigenvalue weighted by molar-refractivity contribution is 7.92. The van der Waals surface area contributed by atoms with Gasteiger partial charge in [0.1, 0.15) is 0 Å². The van der Waals surface area contributed by atoms with Crippen molar-refractivity contribution in [3.8, 4) is 22.9 Å². The van der Waals surface area contributed by atoms with Crippen molar-refractivity contribution >= 4 is 34.1 Å². The van der Waals surface area contributed by atoms with E-state index < -0.39 is 51.2 Å². The molecule has 4 rings (SSSR count). The molecule has 15 heteroatoms. The Morgan fingerprint density at radius 2 is 1.92 bits per heavy atom. The Bertz CT molecular complexity index is 1390. The van der Waals surface area contributed by atoms with Gasteiger partial charge in [-0.2, -0.15) is 4.39 Å². The molecular weight excluding hydrogens is 564 g/mol. The molecule has 0 unspecified atom stereocenters. The molecule has 0 radical (unpaired) electrons. The summed E-state index contributed by atoms with van der Waals surface area (Å²) in [6, 6.07) is 6.97. The Kier molecular flexibility index (Phi) is 9.91. The summed E-state index contributed by atoms with van der Waals surface area (Å²) in [7, 11) is -4.35. The maximum absolute atomic E-state index is 14.8. The molecule has 0 aliphatic carbocycles. The van der Waals surface area contributed by atoms with Gasteiger partial charge in [0.2, 0.25) is 33.6 Å². The third kappa shape index (κ3) is 8.38. The van der Waals surface area contributed by atoms with Crippen molar-refractivity contribution in [3.63, 3.8) is 0 Å². The van der Waals surface area contributed by atoms with Crippen LogP contribution in [0, 0.1) is 11.6 Å². The third-order valence-corrected chi connectivity index (χ3v) is 6.93. The molecule has 9 nitrogen and oxygen atoms in total. The minimum atomic E-state index is -4.35. The molecule has 2 aromatic heterocycles. The number of hydrogen-bond donors (Lipinski definition) is 3. The first-order valence-corrected chi connectivity index (χ1v) is 13.5. The highest BCUT2D eigenvalue weighted by Gasteiger charge is 2.26. The Labute approximate surface area is 229 Å². The number of rotatable bonds is 10. The number of benzene rings is 1. The van der Waals surface area contributed by atoms with E-state index in [9.17, 15) is 26.0 Å². The van der Waals surface area contributed by atoms with Crippen molar-refractivity contribution in [1.82, 2.24) is 20.3 Å². The summed E-state index contributed by atoms with van der Waals surface area (Å²) in [5.41, 5.74) is 0.0661. The van der Waals surface area contributed by atoms with Crippen molar-refractivity contribution in [1.29, 1.82) is 0 Å². The number of anilines is 2. The molecule has 3 aromatic rings. The number of halogens is 5. The number of nitrogens with zero attached hydrogens (tertiary/aromatic N) is 3. The van der Waals surface area contributed by atoms with E-state index in [1.54, 1.807) is 29.1 Å². The summed E-state index contributed by atoms with van der Waals surface area (Å²) < 4.78 is 87.0. The maximum atomic E-state index is 14.8. The second kappa shape index (κ2) is 12.7. The van der Waals surface area contributed by atoms with E-state index in [2.05, 4.69) is 25.6 Å². The highest BCUT2D eigenvalue weighted by atomic mass is 35.5. The van der Waals surface area contributed by atoms with Gasteiger partial charge in [-0.3, -0.25) is 4.72 Å². The summed E-state index contributed by atoms with van der Waals surface area (Å²) >= 11 is 0. The first-order valence-electron chi connectivity index (χ1n) is 11.8. The molecule has 0 amide bonds. The largest absolute Gasteiger partial charge is 0.435 e. The second-order valence-corrected chi connectivity index (χ2v) is 10.7. The lowest BCUT2D eigenvalue weighted by atomic mass is 10.1. The quantitative estimate of drug-likeness (QED) is 0.283. The number of ether oxygens (including phenoxy) is 1. The molecule has 1 saturated heterocycles. The fourth-order valence-electron chi connectivity index (χ4n) is 3.73. The van der Waals surface area contributed by atoms with Crippen LogP contribution in [0.5, 0.6) is 11.6 Å². The summed E-state index contributed by atoms with van der Waals surface area (Å²) in [6.07, 6.45) is 3.95. The van der Waals surface area contributed by atoms with Gasteiger partial charge in [0.05, 0.1) is 22.7 Å². The number of piperidine rings is 1. The van der Waals surface area contributed by atoms with Crippen LogP contribution in [-0.2, 0) is 10.0 Å². The second-order valence-electron chi connectivity index (χ2n) is 8.89. The zero-order valence-electron chi connectivity index (χ0n) is 20.8. The number of pyridine rings is 1. The standard InChI is InChI=1S/C24H26F4N6O3S.ClH/c1-24(27,28)9-13-38(35,36)34-18-6-7-19(21(26)20(18)25)37-22-16(5-3-11-30-22)17-8-12-31-23(33-17)32-15-4-2-10-29-14-15;/h3,5-8,11-12,15,29,34H,2,4,9-10,13-14H2,1H3,(H,31,32,33);1H/t15-;/m0./s1. The fourth-order valence-corrected chi connectivity index (χ4v) is 4.95. The van der Waals surface area contributed by atoms with Crippen LogP contribution in [0.4, 0.5) is 29.2 Å². The lowest BCUT2D eigenvalue weighted by Gasteiger charge is -2.23. The molecular formula is C24H27ClF4N6O3S. The Morgan fingerprint density at radius 1 is 1.13 bits per heavy atom. The number of nitrogens with one attached hydrogen (secondary N) is 3. The molecule has 0 spiro atoms. The van der Waals surface area contributed by atoms with Gasteiger partial charge in [-0.05, 0) is 56.6 Å². The van der Waals surface area contributed by atoms with Gasteiger partial charge < -0.3 is 15.4 Å². The Balaban J connectivity index is 0.00000420. The molecule has 1 aromatic carbocycles. The van der Waals surface area contributed by atoms with Gasteiger partial charge >= 0.3 is 0 Å². The lowest BCUT2D eigenvalue weighted by Crippen LogP contribution is -2.38. The summed E-state index contributed by atoms with van der Waals surface area (Å²) in [5, 5.41) is 6.56. The van der Waals surface area contributed by atoms with E-state index in [-0.39, 0.29) is 24.3 Å². The predicted molar refractivity (Wildman–Crippen MR) is 141 cm³/mol. The van der Waals surface area contributed by atoms with Gasteiger partial charge in [-0.15, -0.1) is 12.4 Å². The Morgan fingerprint density at radius 3 is 2.64 bits per heavy atom. The van der Waals surface area contributed by atoms with Crippen LogP contribution in [0.2, 0.25) is 0 Å². The van der Waals surface area contributed by atoms with Crippen molar-refractivity contribution in [2.24, 2.45) is 0 Å². The van der Waals surface area contributed by atoms with E-state index >= 15 is 0 Å². The average Bonchev–Trinajstić information content (AvgIpc) is 2.88. The fraction of sp³-hybridized carbons (Fsp3) is 0.375. The predicted octanol–water partition coefficient (Wildman–Crippen LogP) is 4.98. The van der Waals surface area contributed by atoms with Crippen molar-refractivity contribution in [3.05, 3.63) is 54.4 Å². The minimum Gasteiger partial charge on any atom is -0.435 e. The van der Waals surface area contributed by atoms with E-state index in [0.717, 1.165) is 38.1 Å². The third-order valence-electron chi connectivity index (χ3n) is 5.66. The first-order chi connectivity index (χ1) is 18.0. The summed E-state index contributed by atoms with van der Waals surface area (Å²) in [4.78, 5) is 12.9. The van der Waals surface area contributed by atoms with Crippen LogP contribution in [0.3, 0.4) is 0 Å². The topological polar surface area (TPSA) is 118 Å². The molecule has 212 valence electrons. The van der Waals surface area contributed by atoms with E-state index in [4.69, 9.17) is 4.74 Å². The van der Waals surface area contributed by atoms with Crippen LogP contribution in [0.15, 0.2) is 42.7 Å². The smallest absolute Gasteiger partial charge is 0.246 e. The molecule has 1 atom stereocenters. The van der Waals surface area contributed by atoms with Gasteiger partial charge in [0.15, 0.2) is 11.6 Å². The molecule has 1 aliphatic heterocycles. The van der Waals surface area contributed by atoms with Crippen LogP contribution in [0.25, 0.3) is 11.3 Å². The highest BCUT2D eigenvalue weighted by Crippen LogP contribution is 2.34. The van der Waals surface area contributed by atoms with E-state index in [0.29, 0.717) is 24.1 Å². The first kappa shape index (κ1) is 30.3. The van der Waals surface area contributed by atoms with Crippen LogP contribution >= 0.6 is 12.4 Å². The average molecular weight is 591 g/mol. The lowest BCUT2D eigenvalue weighted by molar-refractivity contribution is 0.0189. The van der Waals surface area contributed by atoms with Crippen molar-refractivity contribution in [2.75, 3.05) is 28.9 Å². The van der Waals surface area contributed by atoms with Crippen LogP contribution < -0.4 is 20.1 Å². The van der Waals surface area contributed by atoms with Gasteiger partial charge in [0, 0.05) is 31.4 Å². The zero-order chi connectivity index (χ0) is 27.3. The van der Waals surface area contributed by atoms with Crippen LogP contribution in [0.1, 0.15) is 26.2 Å². The van der Waals surface area contributed by atoms with Crippen molar-refractivity contribution in [2.45, 2.75) is 38.2 Å². The molecule has 1 aliphatic rings. The molecule has 3 N–H and O–H groups in total. The van der Waals surface area contributed by atoms with Gasteiger partial charge in [-0.1, -0.05) is 0 Å². The van der Waals surface area contributed by atoms with Crippen molar-refractivity contribution < 1.29 is 30.7 Å². The number of aromatic nitrogens is 3. The normalized spacial score (nSPS) is 15.8. The van der Waals surface area contributed by atoms with E-state index in [1.807, 2.05) is 0 Å². The molecule has 0 bridgehead atoms. The number of sulfonamides is 1. The molecule has 3 heterocycles. The molecule has 0 saturated carbocycles. The minimum absolute atomic E-state index is 0. The van der Waals surface area contributed by atoms with Gasteiger partial charge in [0.25, 0.3) is 0 Å². The SMILES string of the molecule is CC(F)(F)CCS(=O)(=O)Nc1ccc(Oc2ncccc2-c2ccnc(N[C@H]3CCCNC3)n2)c(F)c1F.Cl. The molecule has 1 fully saturated rings. The molecule has 39 heavy (non-hydrogen) atoms. The number of hydrogen-bond acceptors (Lipinski definition) is 8. The van der Waals surface area contributed by atoms with Crippen LogP contribution in [-0.4, -0.2) is 54.2 Å². The van der Waals surface area contributed by atoms with Gasteiger partial charge in [-0.25, -0.2) is 36.5 Å². The maximum Gasteiger partial charge on any atom is 0.246 e. The number of alkyl halides is 2.